The van der Waals surface area contributed by atoms with E-state index in [1.165, 1.54) is 17.7 Å². The zero-order valence-electron chi connectivity index (χ0n) is 7.44. The predicted molar refractivity (Wildman–Crippen MR) is 60.0 cm³/mol. The highest BCUT2D eigenvalue weighted by Crippen LogP contribution is 2.27. The molecule has 0 aliphatic heterocycles. The lowest BCUT2D eigenvalue weighted by atomic mass is 10.3. The molecule has 0 atom stereocenters. The first kappa shape index (κ1) is 8.82. The van der Waals surface area contributed by atoms with Gasteiger partial charge in [-0.15, -0.1) is 11.3 Å². The molecule has 0 spiro atoms. The van der Waals surface area contributed by atoms with Gasteiger partial charge in [0.1, 0.15) is 17.7 Å². The number of thiophene rings is 1. The van der Waals surface area contributed by atoms with Crippen LogP contribution in [0.15, 0.2) is 24.0 Å². The van der Waals surface area contributed by atoms with Crippen molar-refractivity contribution in [2.75, 3.05) is 0 Å². The summed E-state index contributed by atoms with van der Waals surface area (Å²) in [7, 11) is 0. The van der Waals surface area contributed by atoms with Crippen LogP contribution < -0.4 is 0 Å². The van der Waals surface area contributed by atoms with E-state index in [2.05, 4.69) is 19.9 Å². The number of rotatable bonds is 1. The highest BCUT2D eigenvalue weighted by Gasteiger charge is 2.07. The first-order valence-electron chi connectivity index (χ1n) is 4.23. The van der Waals surface area contributed by atoms with Crippen LogP contribution >= 0.6 is 22.9 Å². The Morgan fingerprint density at radius 3 is 3.07 bits per heavy atom. The third-order valence-electron chi connectivity index (χ3n) is 2.00. The lowest BCUT2D eigenvalue weighted by Crippen LogP contribution is -1.76. The Kier molecular flexibility index (Phi) is 1.93. The van der Waals surface area contributed by atoms with Gasteiger partial charge in [-0.1, -0.05) is 11.6 Å². The average Bonchev–Trinajstić information content (AvgIpc) is 2.82. The lowest BCUT2D eigenvalue weighted by Gasteiger charge is -1.86. The molecule has 3 rings (SSSR count). The minimum atomic E-state index is 0.669. The van der Waals surface area contributed by atoms with Gasteiger partial charge in [0, 0.05) is 10.9 Å². The third kappa shape index (κ3) is 1.49. The summed E-state index contributed by atoms with van der Waals surface area (Å²) in [6.45, 7) is 0. The summed E-state index contributed by atoms with van der Waals surface area (Å²) in [4.78, 5) is 15.4. The molecular formula is C9H5ClN4S. The van der Waals surface area contributed by atoms with Crippen molar-refractivity contribution in [1.29, 1.82) is 0 Å². The van der Waals surface area contributed by atoms with E-state index >= 15 is 0 Å². The van der Waals surface area contributed by atoms with Crippen LogP contribution in [-0.2, 0) is 0 Å². The topological polar surface area (TPSA) is 54.5 Å². The Labute approximate surface area is 94.0 Å². The number of aromatic amines is 1. The van der Waals surface area contributed by atoms with Crippen molar-refractivity contribution in [3.8, 4) is 11.4 Å². The molecule has 0 aliphatic rings. The van der Waals surface area contributed by atoms with Crippen LogP contribution in [0, 0.1) is 0 Å². The molecule has 0 radical (unpaired) electrons. The summed E-state index contributed by atoms with van der Waals surface area (Å²) < 4.78 is 0.747. The molecule has 6 heteroatoms. The molecule has 74 valence electrons. The summed E-state index contributed by atoms with van der Waals surface area (Å²) in [5, 5.41) is 1.95. The van der Waals surface area contributed by atoms with Crippen molar-refractivity contribution in [1.82, 2.24) is 19.9 Å². The standard InChI is InChI=1S/C9H5ClN4S/c10-7-1-5(3-15-7)8-13-6-2-11-4-12-9(6)14-8/h1-4H,(H,11,12,13,14). The molecule has 0 aromatic carbocycles. The highest BCUT2D eigenvalue weighted by molar-refractivity contribution is 7.14. The first-order chi connectivity index (χ1) is 7.33. The average molecular weight is 237 g/mol. The number of hydrogen-bond donors (Lipinski definition) is 1. The summed E-state index contributed by atoms with van der Waals surface area (Å²) >= 11 is 7.34. The van der Waals surface area contributed by atoms with Gasteiger partial charge in [-0.2, -0.15) is 0 Å². The number of imidazole rings is 1. The number of halogens is 1. The molecule has 0 bridgehead atoms. The number of nitrogens with zero attached hydrogens (tertiary/aromatic N) is 3. The monoisotopic (exact) mass is 236 g/mol. The SMILES string of the molecule is Clc1cc(-c2nc3ncncc3[nH]2)cs1. The van der Waals surface area contributed by atoms with Crippen LogP contribution in [0.25, 0.3) is 22.6 Å². The summed E-state index contributed by atoms with van der Waals surface area (Å²) in [6.07, 6.45) is 3.18. The molecule has 0 saturated carbocycles. The fourth-order valence-electron chi connectivity index (χ4n) is 1.33. The van der Waals surface area contributed by atoms with Crippen LogP contribution in [-0.4, -0.2) is 19.9 Å². The van der Waals surface area contributed by atoms with Crippen LogP contribution in [0.3, 0.4) is 0 Å². The van der Waals surface area contributed by atoms with E-state index < -0.39 is 0 Å². The highest BCUT2D eigenvalue weighted by atomic mass is 35.5. The molecule has 3 aromatic rings. The molecule has 0 fully saturated rings. The number of fused-ring (bicyclic) bond motifs is 1. The molecule has 4 nitrogen and oxygen atoms in total. The van der Waals surface area contributed by atoms with Crippen LogP contribution in [0.2, 0.25) is 4.34 Å². The Morgan fingerprint density at radius 1 is 1.40 bits per heavy atom. The first-order valence-corrected chi connectivity index (χ1v) is 5.49. The normalized spacial score (nSPS) is 11.0. The smallest absolute Gasteiger partial charge is 0.181 e. The molecule has 3 heterocycles. The summed E-state index contributed by atoms with van der Waals surface area (Å²) in [6, 6.07) is 1.87. The van der Waals surface area contributed by atoms with E-state index in [9.17, 15) is 0 Å². The fraction of sp³-hybridized carbons (Fsp3) is 0. The molecule has 3 aromatic heterocycles. The fourth-order valence-corrected chi connectivity index (χ4v) is 2.20. The van der Waals surface area contributed by atoms with Gasteiger partial charge in [0.2, 0.25) is 0 Å². The van der Waals surface area contributed by atoms with Gasteiger partial charge < -0.3 is 4.98 Å². The van der Waals surface area contributed by atoms with E-state index in [4.69, 9.17) is 11.6 Å². The van der Waals surface area contributed by atoms with Crippen molar-refractivity contribution in [3.63, 3.8) is 0 Å². The van der Waals surface area contributed by atoms with Crippen molar-refractivity contribution in [2.45, 2.75) is 0 Å². The lowest BCUT2D eigenvalue weighted by molar-refractivity contribution is 1.20. The Morgan fingerprint density at radius 2 is 2.33 bits per heavy atom. The number of aromatic nitrogens is 4. The van der Waals surface area contributed by atoms with Gasteiger partial charge in [-0.05, 0) is 6.07 Å². The number of nitrogens with one attached hydrogen (secondary N) is 1. The van der Waals surface area contributed by atoms with Gasteiger partial charge in [0.15, 0.2) is 5.65 Å². The number of H-pyrrole nitrogens is 1. The number of hydrogen-bond acceptors (Lipinski definition) is 4. The second-order valence-corrected chi connectivity index (χ2v) is 4.53. The van der Waals surface area contributed by atoms with Gasteiger partial charge in [-0.3, -0.25) is 0 Å². The second-order valence-electron chi connectivity index (χ2n) is 2.98. The molecule has 15 heavy (non-hydrogen) atoms. The zero-order chi connectivity index (χ0) is 10.3. The predicted octanol–water partition coefficient (Wildman–Crippen LogP) is 2.73. The van der Waals surface area contributed by atoms with Crippen LogP contribution in [0.1, 0.15) is 0 Å². The Balaban J connectivity index is 2.19. The summed E-state index contributed by atoms with van der Waals surface area (Å²) in [5.74, 6) is 0.772. The molecule has 0 unspecified atom stereocenters. The van der Waals surface area contributed by atoms with Crippen molar-refractivity contribution in [2.24, 2.45) is 0 Å². The van der Waals surface area contributed by atoms with Gasteiger partial charge in [0.05, 0.1) is 10.5 Å². The van der Waals surface area contributed by atoms with Crippen molar-refractivity contribution < 1.29 is 0 Å². The Bertz CT molecular complexity index is 582. The molecule has 0 saturated heterocycles. The van der Waals surface area contributed by atoms with E-state index in [1.807, 2.05) is 11.4 Å². The third-order valence-corrected chi connectivity index (χ3v) is 3.09. The zero-order valence-corrected chi connectivity index (χ0v) is 9.01. The van der Waals surface area contributed by atoms with Crippen molar-refractivity contribution in [3.05, 3.63) is 28.3 Å². The van der Waals surface area contributed by atoms with Gasteiger partial charge in [0.25, 0.3) is 0 Å². The summed E-state index contributed by atoms with van der Waals surface area (Å²) in [5.41, 5.74) is 2.47. The maximum absolute atomic E-state index is 5.86. The van der Waals surface area contributed by atoms with Crippen LogP contribution in [0.5, 0.6) is 0 Å². The molecule has 1 N–H and O–H groups in total. The maximum Gasteiger partial charge on any atom is 0.181 e. The minimum absolute atomic E-state index is 0.669. The van der Waals surface area contributed by atoms with E-state index in [0.29, 0.717) is 5.65 Å². The molecular weight excluding hydrogens is 232 g/mol. The molecule has 0 aliphatic carbocycles. The van der Waals surface area contributed by atoms with E-state index in [0.717, 1.165) is 21.2 Å². The van der Waals surface area contributed by atoms with E-state index in [-0.39, 0.29) is 0 Å². The molecule has 0 amide bonds. The Hall–Kier alpha value is -1.46. The van der Waals surface area contributed by atoms with Gasteiger partial charge >= 0.3 is 0 Å². The van der Waals surface area contributed by atoms with Crippen LogP contribution in [0.4, 0.5) is 0 Å². The van der Waals surface area contributed by atoms with E-state index in [1.54, 1.807) is 6.20 Å². The maximum atomic E-state index is 5.86. The quantitative estimate of drug-likeness (QED) is 0.707. The van der Waals surface area contributed by atoms with Gasteiger partial charge in [-0.25, -0.2) is 15.0 Å². The minimum Gasteiger partial charge on any atom is -0.335 e. The van der Waals surface area contributed by atoms with Crippen molar-refractivity contribution >= 4 is 34.1 Å². The largest absolute Gasteiger partial charge is 0.335 e. The second kappa shape index (κ2) is 3.29.